The van der Waals surface area contributed by atoms with Crippen molar-refractivity contribution in [2.45, 2.75) is 12.8 Å². The molecule has 0 aromatic heterocycles. The first-order valence-corrected chi connectivity index (χ1v) is 4.80. The van der Waals surface area contributed by atoms with Crippen LogP contribution in [0, 0.1) is 0 Å². The minimum Gasteiger partial charge on any atom is -0.478 e. The van der Waals surface area contributed by atoms with Crippen LogP contribution in [0.15, 0.2) is 42.0 Å². The standard InChI is InChI=1S/C12H12O4/c13-11(14)8-10(12(15)16)7-6-9-4-2-1-3-5-9/h1-5,8H,6-7H2,(H,13,14)(H,15,16)/b10-8-. The van der Waals surface area contributed by atoms with Crippen LogP contribution in [0.3, 0.4) is 0 Å². The fourth-order valence-corrected chi connectivity index (χ4v) is 1.31. The molecular formula is C12H12O4. The van der Waals surface area contributed by atoms with Crippen LogP contribution in [0.2, 0.25) is 0 Å². The average Bonchev–Trinajstić information content (AvgIpc) is 2.25. The first kappa shape index (κ1) is 12.0. The van der Waals surface area contributed by atoms with Crippen molar-refractivity contribution in [1.29, 1.82) is 0 Å². The van der Waals surface area contributed by atoms with Gasteiger partial charge in [0.25, 0.3) is 0 Å². The minimum absolute atomic E-state index is 0.0867. The third-order valence-corrected chi connectivity index (χ3v) is 2.10. The zero-order valence-corrected chi connectivity index (χ0v) is 8.59. The molecule has 0 aliphatic heterocycles. The van der Waals surface area contributed by atoms with Crippen molar-refractivity contribution in [3.05, 3.63) is 47.5 Å². The van der Waals surface area contributed by atoms with Crippen molar-refractivity contribution >= 4 is 11.9 Å². The molecule has 0 radical (unpaired) electrons. The summed E-state index contributed by atoms with van der Waals surface area (Å²) in [6, 6.07) is 9.34. The highest BCUT2D eigenvalue weighted by Gasteiger charge is 2.09. The van der Waals surface area contributed by atoms with Crippen molar-refractivity contribution in [2.75, 3.05) is 0 Å². The Morgan fingerprint density at radius 2 is 1.75 bits per heavy atom. The Balaban J connectivity index is 2.65. The molecule has 0 amide bonds. The summed E-state index contributed by atoms with van der Waals surface area (Å²) < 4.78 is 0. The van der Waals surface area contributed by atoms with Crippen LogP contribution in [-0.2, 0) is 16.0 Å². The summed E-state index contributed by atoms with van der Waals surface area (Å²) in [7, 11) is 0. The van der Waals surface area contributed by atoms with E-state index in [0.717, 1.165) is 11.6 Å². The highest BCUT2D eigenvalue weighted by molar-refractivity contribution is 5.94. The van der Waals surface area contributed by atoms with Gasteiger partial charge in [0.05, 0.1) is 0 Å². The molecule has 0 saturated carbocycles. The third-order valence-electron chi connectivity index (χ3n) is 2.10. The molecule has 0 bridgehead atoms. The molecule has 0 fully saturated rings. The number of aryl methyl sites for hydroxylation is 1. The molecule has 0 aliphatic rings. The van der Waals surface area contributed by atoms with Gasteiger partial charge >= 0.3 is 11.9 Å². The van der Waals surface area contributed by atoms with Crippen LogP contribution >= 0.6 is 0 Å². The second-order valence-corrected chi connectivity index (χ2v) is 3.30. The van der Waals surface area contributed by atoms with Crippen molar-refractivity contribution in [1.82, 2.24) is 0 Å². The summed E-state index contributed by atoms with van der Waals surface area (Å²) in [6.45, 7) is 0. The Morgan fingerprint density at radius 3 is 2.25 bits per heavy atom. The number of hydrogen-bond donors (Lipinski definition) is 2. The van der Waals surface area contributed by atoms with Crippen molar-refractivity contribution in [3.8, 4) is 0 Å². The number of aliphatic carboxylic acids is 2. The van der Waals surface area contributed by atoms with E-state index in [1.807, 2.05) is 30.3 Å². The molecular weight excluding hydrogens is 208 g/mol. The first-order valence-electron chi connectivity index (χ1n) is 4.80. The second kappa shape index (κ2) is 5.70. The summed E-state index contributed by atoms with van der Waals surface area (Å²) in [6.07, 6.45) is 1.48. The molecule has 0 heterocycles. The molecule has 0 spiro atoms. The fraction of sp³-hybridized carbons (Fsp3) is 0.167. The molecule has 0 saturated heterocycles. The maximum absolute atomic E-state index is 10.7. The normalized spacial score (nSPS) is 11.1. The number of carboxylic acids is 2. The fourth-order valence-electron chi connectivity index (χ4n) is 1.31. The number of rotatable bonds is 5. The molecule has 0 aliphatic carbocycles. The van der Waals surface area contributed by atoms with Gasteiger partial charge in [0.1, 0.15) is 0 Å². The first-order chi connectivity index (χ1) is 7.59. The van der Waals surface area contributed by atoms with E-state index in [1.165, 1.54) is 0 Å². The number of benzene rings is 1. The highest BCUT2D eigenvalue weighted by atomic mass is 16.4. The van der Waals surface area contributed by atoms with Gasteiger partial charge in [-0.3, -0.25) is 0 Å². The number of carbonyl (C=O) groups is 2. The smallest absolute Gasteiger partial charge is 0.331 e. The Bertz CT molecular complexity index is 406. The van der Waals surface area contributed by atoms with Gasteiger partial charge in [0.2, 0.25) is 0 Å². The van der Waals surface area contributed by atoms with Crippen LogP contribution in [-0.4, -0.2) is 22.2 Å². The molecule has 84 valence electrons. The van der Waals surface area contributed by atoms with Crippen molar-refractivity contribution in [2.24, 2.45) is 0 Å². The van der Waals surface area contributed by atoms with Gasteiger partial charge in [-0.25, -0.2) is 9.59 Å². The molecule has 4 heteroatoms. The lowest BCUT2D eigenvalue weighted by Crippen LogP contribution is -2.05. The monoisotopic (exact) mass is 220 g/mol. The molecule has 0 atom stereocenters. The quantitative estimate of drug-likeness (QED) is 0.741. The summed E-state index contributed by atoms with van der Waals surface area (Å²) in [5, 5.41) is 17.3. The molecule has 1 rings (SSSR count). The van der Waals surface area contributed by atoms with Crippen molar-refractivity contribution < 1.29 is 19.8 Å². The van der Waals surface area contributed by atoms with Gasteiger partial charge in [-0.05, 0) is 18.4 Å². The number of carboxylic acid groups (broad SMARTS) is 2. The van der Waals surface area contributed by atoms with E-state index >= 15 is 0 Å². The maximum Gasteiger partial charge on any atom is 0.331 e. The predicted octanol–water partition coefficient (Wildman–Crippen LogP) is 1.71. The van der Waals surface area contributed by atoms with Crippen LogP contribution in [0.1, 0.15) is 12.0 Å². The van der Waals surface area contributed by atoms with Crippen LogP contribution in [0.4, 0.5) is 0 Å². The summed E-state index contributed by atoms with van der Waals surface area (Å²) in [4.78, 5) is 21.1. The topological polar surface area (TPSA) is 74.6 Å². The maximum atomic E-state index is 10.7. The minimum atomic E-state index is -1.23. The Labute approximate surface area is 92.8 Å². The zero-order valence-electron chi connectivity index (χ0n) is 8.59. The molecule has 4 nitrogen and oxygen atoms in total. The molecule has 2 N–H and O–H groups in total. The second-order valence-electron chi connectivity index (χ2n) is 3.30. The van der Waals surface area contributed by atoms with Gasteiger partial charge < -0.3 is 10.2 Å². The summed E-state index contributed by atoms with van der Waals surface area (Å²) in [5.41, 5.74) is 0.899. The Morgan fingerprint density at radius 1 is 1.12 bits per heavy atom. The van der Waals surface area contributed by atoms with Gasteiger partial charge in [-0.15, -0.1) is 0 Å². The SMILES string of the molecule is O=C(O)/C=C(/CCc1ccccc1)C(=O)O. The highest BCUT2D eigenvalue weighted by Crippen LogP contribution is 2.09. The van der Waals surface area contributed by atoms with E-state index in [0.29, 0.717) is 6.42 Å². The lowest BCUT2D eigenvalue weighted by molar-refractivity contribution is -0.135. The summed E-state index contributed by atoms with van der Waals surface area (Å²) >= 11 is 0. The van der Waals surface area contributed by atoms with Crippen LogP contribution in [0.25, 0.3) is 0 Å². The number of hydrogen-bond acceptors (Lipinski definition) is 2. The lowest BCUT2D eigenvalue weighted by Gasteiger charge is -2.01. The largest absolute Gasteiger partial charge is 0.478 e. The molecule has 1 aromatic rings. The van der Waals surface area contributed by atoms with Gasteiger partial charge in [-0.2, -0.15) is 0 Å². The van der Waals surface area contributed by atoms with E-state index in [9.17, 15) is 9.59 Å². The Hall–Kier alpha value is -2.10. The van der Waals surface area contributed by atoms with E-state index in [2.05, 4.69) is 0 Å². The average molecular weight is 220 g/mol. The van der Waals surface area contributed by atoms with E-state index in [1.54, 1.807) is 0 Å². The zero-order chi connectivity index (χ0) is 12.0. The summed E-state index contributed by atoms with van der Waals surface area (Å²) in [5.74, 6) is -2.41. The molecule has 0 unspecified atom stereocenters. The van der Waals surface area contributed by atoms with Gasteiger partial charge in [-0.1, -0.05) is 30.3 Å². The molecule has 1 aromatic carbocycles. The molecule has 16 heavy (non-hydrogen) atoms. The van der Waals surface area contributed by atoms with Crippen LogP contribution in [0.5, 0.6) is 0 Å². The van der Waals surface area contributed by atoms with Crippen LogP contribution < -0.4 is 0 Å². The Kier molecular flexibility index (Phi) is 4.27. The lowest BCUT2D eigenvalue weighted by atomic mass is 10.0. The van der Waals surface area contributed by atoms with E-state index < -0.39 is 11.9 Å². The predicted molar refractivity (Wildman–Crippen MR) is 58.1 cm³/mol. The third kappa shape index (κ3) is 3.96. The van der Waals surface area contributed by atoms with Crippen molar-refractivity contribution in [3.63, 3.8) is 0 Å². The van der Waals surface area contributed by atoms with Gasteiger partial charge in [0, 0.05) is 11.6 Å². The van der Waals surface area contributed by atoms with E-state index in [-0.39, 0.29) is 12.0 Å². The van der Waals surface area contributed by atoms with Gasteiger partial charge in [0.15, 0.2) is 0 Å². The van der Waals surface area contributed by atoms with E-state index in [4.69, 9.17) is 10.2 Å².